The highest BCUT2D eigenvalue weighted by molar-refractivity contribution is 5.72. The monoisotopic (exact) mass is 328 g/mol. The van der Waals surface area contributed by atoms with Gasteiger partial charge < -0.3 is 14.8 Å². The number of hydrogen-bond acceptors (Lipinski definition) is 4. The third kappa shape index (κ3) is 4.63. The van der Waals surface area contributed by atoms with Gasteiger partial charge in [-0.1, -0.05) is 36.4 Å². The molecule has 0 spiro atoms. The standard InChI is InChI=1S/C18H20N2O4/c21-18(20-24-13-14-5-2-1-3-6-14)19-12-15-7-8-16-17(11-15)23-10-4-9-22-16/h1-3,5-8,11H,4,9-10,12-13H2,(H2,19,20,21). The molecule has 0 aromatic heterocycles. The molecule has 24 heavy (non-hydrogen) atoms. The summed E-state index contributed by atoms with van der Waals surface area (Å²) in [5.74, 6) is 1.46. The van der Waals surface area contributed by atoms with Crippen molar-refractivity contribution in [1.82, 2.24) is 10.8 Å². The molecule has 2 aromatic carbocycles. The summed E-state index contributed by atoms with van der Waals surface area (Å²) in [7, 11) is 0. The average molecular weight is 328 g/mol. The van der Waals surface area contributed by atoms with Crippen molar-refractivity contribution in [2.24, 2.45) is 0 Å². The summed E-state index contributed by atoms with van der Waals surface area (Å²) in [5.41, 5.74) is 4.28. The molecule has 0 fully saturated rings. The van der Waals surface area contributed by atoms with Gasteiger partial charge in [0.15, 0.2) is 11.5 Å². The number of amides is 2. The Labute approximate surface area is 140 Å². The van der Waals surface area contributed by atoms with Gasteiger partial charge in [0.2, 0.25) is 0 Å². The third-order valence-corrected chi connectivity index (χ3v) is 3.51. The minimum atomic E-state index is -0.391. The highest BCUT2D eigenvalue weighted by Gasteiger charge is 2.11. The zero-order valence-corrected chi connectivity index (χ0v) is 13.3. The molecule has 2 aromatic rings. The molecular formula is C18H20N2O4. The van der Waals surface area contributed by atoms with E-state index in [0.29, 0.717) is 32.1 Å². The Morgan fingerprint density at radius 3 is 2.62 bits per heavy atom. The molecule has 0 atom stereocenters. The molecule has 0 unspecified atom stereocenters. The van der Waals surface area contributed by atoms with Crippen LogP contribution in [0.3, 0.4) is 0 Å². The van der Waals surface area contributed by atoms with Crippen LogP contribution in [0.5, 0.6) is 11.5 Å². The first kappa shape index (κ1) is 16.1. The van der Waals surface area contributed by atoms with E-state index in [1.54, 1.807) is 0 Å². The van der Waals surface area contributed by atoms with Gasteiger partial charge in [0.1, 0.15) is 0 Å². The number of hydrogen-bond donors (Lipinski definition) is 2. The van der Waals surface area contributed by atoms with Crippen molar-refractivity contribution in [3.8, 4) is 11.5 Å². The molecule has 6 nitrogen and oxygen atoms in total. The van der Waals surface area contributed by atoms with Crippen LogP contribution in [0.15, 0.2) is 48.5 Å². The van der Waals surface area contributed by atoms with Gasteiger partial charge in [-0.05, 0) is 23.3 Å². The Hall–Kier alpha value is -2.73. The minimum Gasteiger partial charge on any atom is -0.490 e. The first-order valence-corrected chi connectivity index (χ1v) is 7.89. The second kappa shape index (κ2) is 8.21. The van der Waals surface area contributed by atoms with Crippen LogP contribution in [0.4, 0.5) is 4.79 Å². The summed E-state index contributed by atoms with van der Waals surface area (Å²) < 4.78 is 11.2. The van der Waals surface area contributed by atoms with E-state index in [4.69, 9.17) is 14.3 Å². The topological polar surface area (TPSA) is 68.8 Å². The Bertz CT molecular complexity index is 676. The molecule has 0 aliphatic carbocycles. The average Bonchev–Trinajstić information content (AvgIpc) is 2.86. The van der Waals surface area contributed by atoms with Crippen molar-refractivity contribution >= 4 is 6.03 Å². The second-order valence-electron chi connectivity index (χ2n) is 5.39. The van der Waals surface area contributed by atoms with E-state index in [-0.39, 0.29) is 0 Å². The lowest BCUT2D eigenvalue weighted by Crippen LogP contribution is -2.34. The Kier molecular flexibility index (Phi) is 5.52. The predicted molar refractivity (Wildman–Crippen MR) is 88.7 cm³/mol. The number of rotatable bonds is 5. The molecule has 1 heterocycles. The number of urea groups is 1. The van der Waals surface area contributed by atoms with E-state index in [9.17, 15) is 4.79 Å². The second-order valence-corrected chi connectivity index (χ2v) is 5.39. The van der Waals surface area contributed by atoms with Gasteiger partial charge in [-0.15, -0.1) is 0 Å². The van der Waals surface area contributed by atoms with E-state index in [1.807, 2.05) is 48.5 Å². The SMILES string of the molecule is O=C(NCc1ccc2c(c1)OCCCO2)NOCc1ccccc1. The van der Waals surface area contributed by atoms with Crippen LogP contribution in [0.1, 0.15) is 17.5 Å². The fourth-order valence-electron chi connectivity index (χ4n) is 2.30. The first-order valence-electron chi connectivity index (χ1n) is 7.89. The summed E-state index contributed by atoms with van der Waals surface area (Å²) in [6, 6.07) is 14.9. The molecule has 0 radical (unpaired) electrons. The molecule has 2 N–H and O–H groups in total. The number of benzene rings is 2. The van der Waals surface area contributed by atoms with Crippen molar-refractivity contribution in [1.29, 1.82) is 0 Å². The maximum atomic E-state index is 11.7. The fourth-order valence-corrected chi connectivity index (χ4v) is 2.30. The van der Waals surface area contributed by atoms with Crippen LogP contribution in [0.2, 0.25) is 0 Å². The number of carbonyl (C=O) groups is 1. The van der Waals surface area contributed by atoms with Gasteiger partial charge in [0, 0.05) is 13.0 Å². The van der Waals surface area contributed by atoms with E-state index < -0.39 is 6.03 Å². The molecule has 0 bridgehead atoms. The van der Waals surface area contributed by atoms with Crippen LogP contribution in [0, 0.1) is 0 Å². The van der Waals surface area contributed by atoms with Gasteiger partial charge >= 0.3 is 6.03 Å². The fraction of sp³-hybridized carbons (Fsp3) is 0.278. The number of carbonyl (C=O) groups excluding carboxylic acids is 1. The Morgan fingerprint density at radius 2 is 1.79 bits per heavy atom. The van der Waals surface area contributed by atoms with Crippen LogP contribution in [-0.2, 0) is 18.0 Å². The third-order valence-electron chi connectivity index (χ3n) is 3.51. The molecule has 3 rings (SSSR count). The summed E-state index contributed by atoms with van der Waals surface area (Å²) >= 11 is 0. The highest BCUT2D eigenvalue weighted by atomic mass is 16.7. The van der Waals surface area contributed by atoms with Crippen LogP contribution >= 0.6 is 0 Å². The van der Waals surface area contributed by atoms with Crippen molar-refractivity contribution in [3.05, 3.63) is 59.7 Å². The molecule has 1 aliphatic heterocycles. The molecule has 1 aliphatic rings. The van der Waals surface area contributed by atoms with E-state index in [1.165, 1.54) is 0 Å². The van der Waals surface area contributed by atoms with Crippen LogP contribution < -0.4 is 20.3 Å². The molecule has 2 amide bonds. The van der Waals surface area contributed by atoms with Crippen LogP contribution in [0.25, 0.3) is 0 Å². The van der Waals surface area contributed by atoms with Crippen LogP contribution in [-0.4, -0.2) is 19.2 Å². The highest BCUT2D eigenvalue weighted by Crippen LogP contribution is 2.30. The van der Waals surface area contributed by atoms with Crippen molar-refractivity contribution in [3.63, 3.8) is 0 Å². The van der Waals surface area contributed by atoms with Crippen molar-refractivity contribution < 1.29 is 19.1 Å². The lowest BCUT2D eigenvalue weighted by Gasteiger charge is -2.11. The number of hydroxylamine groups is 1. The lowest BCUT2D eigenvalue weighted by molar-refractivity contribution is 0.0490. The maximum absolute atomic E-state index is 11.7. The van der Waals surface area contributed by atoms with Crippen molar-refractivity contribution in [2.45, 2.75) is 19.6 Å². The largest absolute Gasteiger partial charge is 0.490 e. The summed E-state index contributed by atoms with van der Waals surface area (Å²) in [6.45, 7) is 1.99. The van der Waals surface area contributed by atoms with Crippen molar-refractivity contribution in [2.75, 3.05) is 13.2 Å². The van der Waals surface area contributed by atoms with Gasteiger partial charge in [0.05, 0.1) is 19.8 Å². The molecule has 6 heteroatoms. The summed E-state index contributed by atoms with van der Waals surface area (Å²) in [4.78, 5) is 16.9. The summed E-state index contributed by atoms with van der Waals surface area (Å²) in [6.07, 6.45) is 0.865. The predicted octanol–water partition coefficient (Wildman–Crippen LogP) is 2.78. The molecule has 126 valence electrons. The van der Waals surface area contributed by atoms with E-state index >= 15 is 0 Å². The van der Waals surface area contributed by atoms with Gasteiger partial charge in [-0.3, -0.25) is 4.84 Å². The minimum absolute atomic E-state index is 0.318. The maximum Gasteiger partial charge on any atom is 0.338 e. The number of ether oxygens (including phenoxy) is 2. The smallest absolute Gasteiger partial charge is 0.338 e. The van der Waals surface area contributed by atoms with E-state index in [2.05, 4.69) is 10.8 Å². The molecular weight excluding hydrogens is 308 g/mol. The summed E-state index contributed by atoms with van der Waals surface area (Å²) in [5, 5.41) is 2.74. The zero-order valence-electron chi connectivity index (χ0n) is 13.3. The molecule has 0 saturated carbocycles. The number of fused-ring (bicyclic) bond motifs is 1. The normalized spacial score (nSPS) is 13.0. The Morgan fingerprint density at radius 1 is 1.00 bits per heavy atom. The molecule has 0 saturated heterocycles. The van der Waals surface area contributed by atoms with Gasteiger partial charge in [-0.2, -0.15) is 0 Å². The quantitative estimate of drug-likeness (QED) is 0.828. The lowest BCUT2D eigenvalue weighted by atomic mass is 10.2. The zero-order chi connectivity index (χ0) is 16.6. The first-order chi connectivity index (χ1) is 11.8. The van der Waals surface area contributed by atoms with E-state index in [0.717, 1.165) is 23.3 Å². The van der Waals surface area contributed by atoms with Gasteiger partial charge in [-0.25, -0.2) is 10.3 Å². The Balaban J connectivity index is 1.43. The number of nitrogens with one attached hydrogen (secondary N) is 2. The van der Waals surface area contributed by atoms with Gasteiger partial charge in [0.25, 0.3) is 0 Å².